The van der Waals surface area contributed by atoms with E-state index in [9.17, 15) is 4.79 Å². The summed E-state index contributed by atoms with van der Waals surface area (Å²) >= 11 is 6.05. The molecule has 100 valence electrons. The van der Waals surface area contributed by atoms with Gasteiger partial charge >= 0.3 is 0 Å². The molecule has 0 saturated carbocycles. The Bertz CT molecular complexity index is 679. The van der Waals surface area contributed by atoms with Crippen molar-refractivity contribution in [2.75, 3.05) is 5.32 Å². The Kier molecular flexibility index (Phi) is 4.24. The van der Waals surface area contributed by atoms with Crippen LogP contribution in [0, 0.1) is 11.3 Å². The third-order valence-electron chi connectivity index (χ3n) is 2.85. The minimum atomic E-state index is -0.814. The SMILES string of the molecule is N#Cc1ccccc1C(Nc1ccccc1Cl)C(N)=O. The van der Waals surface area contributed by atoms with Crippen LogP contribution in [0.5, 0.6) is 0 Å². The van der Waals surface area contributed by atoms with E-state index in [2.05, 4.69) is 11.4 Å². The Morgan fingerprint density at radius 1 is 1.20 bits per heavy atom. The van der Waals surface area contributed by atoms with Gasteiger partial charge in [0, 0.05) is 5.56 Å². The predicted molar refractivity (Wildman–Crippen MR) is 78.2 cm³/mol. The van der Waals surface area contributed by atoms with Gasteiger partial charge in [0.15, 0.2) is 0 Å². The topological polar surface area (TPSA) is 78.9 Å². The number of rotatable bonds is 4. The summed E-state index contributed by atoms with van der Waals surface area (Å²) in [6.45, 7) is 0. The number of halogens is 1. The van der Waals surface area contributed by atoms with Crippen molar-refractivity contribution in [1.82, 2.24) is 0 Å². The molecule has 0 heterocycles. The average Bonchev–Trinajstić information content (AvgIpc) is 2.46. The molecule has 0 bridgehead atoms. The van der Waals surface area contributed by atoms with Gasteiger partial charge in [-0.1, -0.05) is 41.9 Å². The van der Waals surface area contributed by atoms with Crippen LogP contribution in [0.15, 0.2) is 48.5 Å². The number of carbonyl (C=O) groups is 1. The van der Waals surface area contributed by atoms with Crippen molar-refractivity contribution in [1.29, 1.82) is 5.26 Å². The number of hydrogen-bond acceptors (Lipinski definition) is 3. The molecule has 0 aliphatic rings. The molecule has 0 aromatic heterocycles. The average molecular weight is 286 g/mol. The molecule has 1 unspecified atom stereocenters. The number of para-hydroxylation sites is 1. The molecule has 3 N–H and O–H groups in total. The van der Waals surface area contributed by atoms with Crippen LogP contribution < -0.4 is 11.1 Å². The minimum absolute atomic E-state index is 0.399. The molecule has 0 radical (unpaired) electrons. The minimum Gasteiger partial charge on any atom is -0.369 e. The molecule has 0 aliphatic carbocycles. The second-order valence-corrected chi connectivity index (χ2v) is 4.57. The maximum absolute atomic E-state index is 11.7. The van der Waals surface area contributed by atoms with Gasteiger partial charge in [0.25, 0.3) is 0 Å². The zero-order valence-electron chi connectivity index (χ0n) is 10.5. The number of nitrogens with zero attached hydrogens (tertiary/aromatic N) is 1. The molecule has 1 atom stereocenters. The molecule has 2 aromatic rings. The van der Waals surface area contributed by atoms with Crippen LogP contribution in [0.25, 0.3) is 0 Å². The highest BCUT2D eigenvalue weighted by molar-refractivity contribution is 6.33. The van der Waals surface area contributed by atoms with Crippen LogP contribution >= 0.6 is 11.6 Å². The highest BCUT2D eigenvalue weighted by atomic mass is 35.5. The third kappa shape index (κ3) is 2.90. The molecular weight excluding hydrogens is 274 g/mol. The highest BCUT2D eigenvalue weighted by Gasteiger charge is 2.21. The fourth-order valence-electron chi connectivity index (χ4n) is 1.89. The van der Waals surface area contributed by atoms with Crippen molar-refractivity contribution < 1.29 is 4.79 Å². The Hall–Kier alpha value is -2.51. The fraction of sp³-hybridized carbons (Fsp3) is 0.0667. The Labute approximate surface area is 121 Å². The Balaban J connectivity index is 2.41. The molecule has 20 heavy (non-hydrogen) atoms. The van der Waals surface area contributed by atoms with Crippen LogP contribution in [-0.4, -0.2) is 5.91 Å². The summed E-state index contributed by atoms with van der Waals surface area (Å²) in [5.74, 6) is -0.576. The van der Waals surface area contributed by atoms with E-state index in [-0.39, 0.29) is 0 Å². The zero-order valence-corrected chi connectivity index (χ0v) is 11.3. The van der Waals surface area contributed by atoms with Crippen molar-refractivity contribution in [2.24, 2.45) is 5.73 Å². The lowest BCUT2D eigenvalue weighted by Gasteiger charge is -2.19. The summed E-state index contributed by atoms with van der Waals surface area (Å²) in [5, 5.41) is 12.6. The number of nitrogens with two attached hydrogens (primary N) is 1. The number of nitrogens with one attached hydrogen (secondary N) is 1. The maximum atomic E-state index is 11.7. The summed E-state index contributed by atoms with van der Waals surface area (Å²) in [7, 11) is 0. The van der Waals surface area contributed by atoms with Crippen LogP contribution in [-0.2, 0) is 4.79 Å². The van der Waals surface area contributed by atoms with Crippen LogP contribution in [0.2, 0.25) is 5.02 Å². The van der Waals surface area contributed by atoms with Gasteiger partial charge in [0.2, 0.25) is 5.91 Å². The van der Waals surface area contributed by atoms with Crippen LogP contribution in [0.3, 0.4) is 0 Å². The second-order valence-electron chi connectivity index (χ2n) is 4.16. The van der Waals surface area contributed by atoms with E-state index in [1.807, 2.05) is 0 Å². The molecule has 5 heteroatoms. The molecule has 2 aromatic carbocycles. The van der Waals surface area contributed by atoms with Crippen molar-refractivity contribution in [3.63, 3.8) is 0 Å². The third-order valence-corrected chi connectivity index (χ3v) is 3.18. The van der Waals surface area contributed by atoms with Gasteiger partial charge < -0.3 is 11.1 Å². The van der Waals surface area contributed by atoms with E-state index in [1.54, 1.807) is 48.5 Å². The molecule has 0 fully saturated rings. The first-order valence-electron chi connectivity index (χ1n) is 5.93. The van der Waals surface area contributed by atoms with Gasteiger partial charge in [-0.3, -0.25) is 4.79 Å². The van der Waals surface area contributed by atoms with Gasteiger partial charge in [0.1, 0.15) is 6.04 Å². The molecule has 1 amide bonds. The molecular formula is C15H12ClN3O. The number of amides is 1. The number of primary amides is 1. The monoisotopic (exact) mass is 285 g/mol. The summed E-state index contributed by atoms with van der Waals surface area (Å²) < 4.78 is 0. The zero-order chi connectivity index (χ0) is 14.5. The summed E-state index contributed by atoms with van der Waals surface area (Å²) in [5.41, 5.74) is 6.95. The molecule has 4 nitrogen and oxygen atoms in total. The maximum Gasteiger partial charge on any atom is 0.244 e. The van der Waals surface area contributed by atoms with E-state index in [0.717, 1.165) is 0 Å². The summed E-state index contributed by atoms with van der Waals surface area (Å²) in [6.07, 6.45) is 0. The van der Waals surface area contributed by atoms with Crippen molar-refractivity contribution >= 4 is 23.2 Å². The van der Waals surface area contributed by atoms with Crippen molar-refractivity contribution in [3.8, 4) is 6.07 Å². The smallest absolute Gasteiger partial charge is 0.244 e. The van der Waals surface area contributed by atoms with E-state index >= 15 is 0 Å². The number of hydrogen-bond donors (Lipinski definition) is 2. The molecule has 0 saturated heterocycles. The second kappa shape index (κ2) is 6.09. The number of nitriles is 1. The van der Waals surface area contributed by atoms with Crippen LogP contribution in [0.4, 0.5) is 5.69 Å². The first-order chi connectivity index (χ1) is 9.63. The summed E-state index contributed by atoms with van der Waals surface area (Å²) in [6, 6.07) is 15.1. The largest absolute Gasteiger partial charge is 0.369 e. The first kappa shape index (κ1) is 13.9. The van der Waals surface area contributed by atoms with Gasteiger partial charge in [-0.15, -0.1) is 0 Å². The van der Waals surface area contributed by atoms with Crippen molar-refractivity contribution in [2.45, 2.75) is 6.04 Å². The first-order valence-corrected chi connectivity index (χ1v) is 6.30. The predicted octanol–water partition coefficient (Wildman–Crippen LogP) is 2.85. The van der Waals surface area contributed by atoms with Gasteiger partial charge in [-0.2, -0.15) is 5.26 Å². The Morgan fingerprint density at radius 3 is 2.50 bits per heavy atom. The number of anilines is 1. The fourth-order valence-corrected chi connectivity index (χ4v) is 2.08. The molecule has 2 rings (SSSR count). The molecule has 0 aliphatic heterocycles. The number of benzene rings is 2. The van der Waals surface area contributed by atoms with Crippen molar-refractivity contribution in [3.05, 3.63) is 64.7 Å². The lowest BCUT2D eigenvalue weighted by Crippen LogP contribution is -2.28. The normalized spacial score (nSPS) is 11.4. The van der Waals surface area contributed by atoms with E-state index in [0.29, 0.717) is 21.8 Å². The molecule has 0 spiro atoms. The summed E-state index contributed by atoms with van der Waals surface area (Å²) in [4.78, 5) is 11.7. The van der Waals surface area contributed by atoms with Gasteiger partial charge in [-0.25, -0.2) is 0 Å². The number of carbonyl (C=O) groups excluding carboxylic acids is 1. The lowest BCUT2D eigenvalue weighted by atomic mass is 10.00. The standard InChI is InChI=1S/C15H12ClN3O/c16-12-7-3-4-8-13(12)19-14(15(18)20)11-6-2-1-5-10(11)9-17/h1-8,14,19H,(H2,18,20). The Morgan fingerprint density at radius 2 is 1.85 bits per heavy atom. The van der Waals surface area contributed by atoms with E-state index < -0.39 is 11.9 Å². The van der Waals surface area contributed by atoms with Gasteiger partial charge in [0.05, 0.1) is 22.3 Å². The van der Waals surface area contributed by atoms with Gasteiger partial charge in [-0.05, 0) is 18.2 Å². The quantitative estimate of drug-likeness (QED) is 0.906. The van der Waals surface area contributed by atoms with E-state index in [4.69, 9.17) is 22.6 Å². The van der Waals surface area contributed by atoms with E-state index in [1.165, 1.54) is 0 Å². The lowest BCUT2D eigenvalue weighted by molar-refractivity contribution is -0.118. The highest BCUT2D eigenvalue weighted by Crippen LogP contribution is 2.27. The van der Waals surface area contributed by atoms with Crippen LogP contribution in [0.1, 0.15) is 17.2 Å².